The molecule has 2 nitrogen and oxygen atoms in total. The number of aryl methyl sites for hydroxylation is 2. The van der Waals surface area contributed by atoms with E-state index in [0.29, 0.717) is 0 Å². The monoisotopic (exact) mass is 308 g/mol. The van der Waals surface area contributed by atoms with E-state index in [1.807, 2.05) is 11.3 Å². The highest BCUT2D eigenvalue weighted by Crippen LogP contribution is 2.40. The zero-order valence-corrected chi connectivity index (χ0v) is 14.1. The van der Waals surface area contributed by atoms with Crippen molar-refractivity contribution in [2.75, 3.05) is 13.6 Å². The molecule has 0 bridgehead atoms. The molecule has 0 spiro atoms. The standard InChI is InChI=1S/C19H20N2S/c1-12-4-6-14(7-5-12)16-10-13(2)20-19-18(16)15-8-9-21(3)11-17(15)22-19/h4-7,10H,8-9,11H2,1-3H3. The first kappa shape index (κ1) is 13.9. The maximum Gasteiger partial charge on any atom is 0.124 e. The lowest BCUT2D eigenvalue weighted by atomic mass is 9.96. The van der Waals surface area contributed by atoms with E-state index in [2.05, 4.69) is 56.1 Å². The largest absolute Gasteiger partial charge is 0.301 e. The van der Waals surface area contributed by atoms with Crippen molar-refractivity contribution >= 4 is 21.6 Å². The van der Waals surface area contributed by atoms with Gasteiger partial charge in [0.25, 0.3) is 0 Å². The van der Waals surface area contributed by atoms with E-state index >= 15 is 0 Å². The Kier molecular flexibility index (Phi) is 3.28. The fraction of sp³-hybridized carbons (Fsp3) is 0.316. The van der Waals surface area contributed by atoms with Crippen LogP contribution in [0.25, 0.3) is 21.3 Å². The maximum absolute atomic E-state index is 4.81. The summed E-state index contributed by atoms with van der Waals surface area (Å²) in [5.41, 5.74) is 6.60. The Hall–Kier alpha value is -1.71. The van der Waals surface area contributed by atoms with Crippen LogP contribution in [0, 0.1) is 13.8 Å². The second kappa shape index (κ2) is 5.18. The van der Waals surface area contributed by atoms with Gasteiger partial charge in [0.15, 0.2) is 0 Å². The summed E-state index contributed by atoms with van der Waals surface area (Å²) in [6, 6.07) is 11.1. The van der Waals surface area contributed by atoms with Crippen molar-refractivity contribution < 1.29 is 0 Å². The predicted octanol–water partition coefficient (Wildman–Crippen LogP) is 4.57. The van der Waals surface area contributed by atoms with Crippen LogP contribution in [0.5, 0.6) is 0 Å². The predicted molar refractivity (Wildman–Crippen MR) is 94.6 cm³/mol. The van der Waals surface area contributed by atoms with Crippen molar-refractivity contribution in [3.63, 3.8) is 0 Å². The maximum atomic E-state index is 4.81. The van der Waals surface area contributed by atoms with Gasteiger partial charge >= 0.3 is 0 Å². The highest BCUT2D eigenvalue weighted by Gasteiger charge is 2.22. The number of aromatic nitrogens is 1. The molecule has 0 unspecified atom stereocenters. The van der Waals surface area contributed by atoms with E-state index in [9.17, 15) is 0 Å². The molecule has 22 heavy (non-hydrogen) atoms. The Morgan fingerprint density at radius 3 is 2.68 bits per heavy atom. The van der Waals surface area contributed by atoms with Crippen LogP contribution < -0.4 is 0 Å². The van der Waals surface area contributed by atoms with Crippen molar-refractivity contribution in [1.29, 1.82) is 0 Å². The summed E-state index contributed by atoms with van der Waals surface area (Å²) < 4.78 is 0. The van der Waals surface area contributed by atoms with Crippen molar-refractivity contribution in [2.24, 2.45) is 0 Å². The summed E-state index contributed by atoms with van der Waals surface area (Å²) >= 11 is 1.88. The normalized spacial score (nSPS) is 15.2. The molecule has 3 heteroatoms. The van der Waals surface area contributed by atoms with Gasteiger partial charge in [0.2, 0.25) is 0 Å². The van der Waals surface area contributed by atoms with Crippen LogP contribution in [0.2, 0.25) is 0 Å². The SMILES string of the molecule is Cc1ccc(-c2cc(C)nc3sc4c(c23)CCN(C)C4)cc1. The number of nitrogens with zero attached hydrogens (tertiary/aromatic N) is 2. The van der Waals surface area contributed by atoms with Gasteiger partial charge in [-0.25, -0.2) is 4.98 Å². The molecular formula is C19H20N2S. The molecule has 0 atom stereocenters. The van der Waals surface area contributed by atoms with Gasteiger partial charge in [0.05, 0.1) is 0 Å². The number of benzene rings is 1. The third-order valence-electron chi connectivity index (χ3n) is 4.49. The fourth-order valence-corrected chi connectivity index (χ4v) is 4.68. The first-order chi connectivity index (χ1) is 10.6. The highest BCUT2D eigenvalue weighted by atomic mass is 32.1. The molecule has 1 aliphatic heterocycles. The van der Waals surface area contributed by atoms with Gasteiger partial charge in [-0.15, -0.1) is 11.3 Å². The van der Waals surface area contributed by atoms with Crippen molar-refractivity contribution in [1.82, 2.24) is 9.88 Å². The van der Waals surface area contributed by atoms with E-state index in [1.54, 1.807) is 0 Å². The summed E-state index contributed by atoms with van der Waals surface area (Å²) in [7, 11) is 2.20. The van der Waals surface area contributed by atoms with Gasteiger partial charge in [-0.05, 0) is 50.1 Å². The van der Waals surface area contributed by atoms with Gasteiger partial charge in [0.1, 0.15) is 4.83 Å². The topological polar surface area (TPSA) is 16.1 Å². The van der Waals surface area contributed by atoms with Gasteiger partial charge in [-0.1, -0.05) is 29.8 Å². The van der Waals surface area contributed by atoms with Gasteiger partial charge in [0, 0.05) is 29.0 Å². The Morgan fingerprint density at radius 2 is 1.91 bits per heavy atom. The molecule has 1 aromatic carbocycles. The molecule has 0 amide bonds. The van der Waals surface area contributed by atoms with E-state index in [4.69, 9.17) is 4.98 Å². The average Bonchev–Trinajstić information content (AvgIpc) is 2.84. The third-order valence-corrected chi connectivity index (χ3v) is 5.60. The van der Waals surface area contributed by atoms with Crippen molar-refractivity contribution in [2.45, 2.75) is 26.8 Å². The molecule has 0 aliphatic carbocycles. The molecular weight excluding hydrogens is 288 g/mol. The Morgan fingerprint density at radius 1 is 1.14 bits per heavy atom. The number of thiophene rings is 1. The lowest BCUT2D eigenvalue weighted by molar-refractivity contribution is 0.318. The second-order valence-electron chi connectivity index (χ2n) is 6.35. The molecule has 3 heterocycles. The minimum absolute atomic E-state index is 1.06. The van der Waals surface area contributed by atoms with Crippen molar-refractivity contribution in [3.05, 3.63) is 52.0 Å². The van der Waals surface area contributed by atoms with Crippen molar-refractivity contribution in [3.8, 4) is 11.1 Å². The van der Waals surface area contributed by atoms with Crippen LogP contribution >= 0.6 is 11.3 Å². The molecule has 0 N–H and O–H groups in total. The molecule has 4 rings (SSSR count). The van der Waals surface area contributed by atoms with E-state index in [0.717, 1.165) is 25.2 Å². The highest BCUT2D eigenvalue weighted by molar-refractivity contribution is 7.19. The first-order valence-corrected chi connectivity index (χ1v) is 8.61. The number of hydrogen-bond donors (Lipinski definition) is 0. The summed E-state index contributed by atoms with van der Waals surface area (Å²) in [5.74, 6) is 0. The summed E-state index contributed by atoms with van der Waals surface area (Å²) in [4.78, 5) is 9.91. The third kappa shape index (κ3) is 2.25. The number of hydrogen-bond acceptors (Lipinski definition) is 3. The lowest BCUT2D eigenvalue weighted by Gasteiger charge is -2.22. The number of likely N-dealkylation sites (N-methyl/N-ethyl adjacent to an activating group) is 1. The number of pyridine rings is 1. The lowest BCUT2D eigenvalue weighted by Crippen LogP contribution is -2.25. The smallest absolute Gasteiger partial charge is 0.124 e. The molecule has 2 aromatic heterocycles. The molecule has 3 aromatic rings. The second-order valence-corrected chi connectivity index (χ2v) is 7.43. The van der Waals surface area contributed by atoms with Crippen LogP contribution in [0.4, 0.5) is 0 Å². The Bertz CT molecular complexity index is 846. The summed E-state index contributed by atoms with van der Waals surface area (Å²) in [6.45, 7) is 6.43. The average molecular weight is 308 g/mol. The van der Waals surface area contributed by atoms with Gasteiger partial charge in [-0.3, -0.25) is 0 Å². The molecule has 1 aliphatic rings. The van der Waals surface area contributed by atoms with Crippen LogP contribution in [-0.4, -0.2) is 23.5 Å². The summed E-state index contributed by atoms with van der Waals surface area (Å²) in [6.07, 6.45) is 1.13. The zero-order chi connectivity index (χ0) is 15.3. The molecule has 0 radical (unpaired) electrons. The van der Waals surface area contributed by atoms with Crippen LogP contribution in [0.3, 0.4) is 0 Å². The molecule has 0 saturated heterocycles. The minimum Gasteiger partial charge on any atom is -0.301 e. The van der Waals surface area contributed by atoms with Crippen LogP contribution in [0.15, 0.2) is 30.3 Å². The van der Waals surface area contributed by atoms with E-state index in [1.165, 1.54) is 37.3 Å². The Balaban J connectivity index is 1.99. The molecule has 0 fully saturated rings. The minimum atomic E-state index is 1.06. The Labute approximate surface area is 135 Å². The van der Waals surface area contributed by atoms with E-state index in [-0.39, 0.29) is 0 Å². The number of fused-ring (bicyclic) bond motifs is 3. The zero-order valence-electron chi connectivity index (χ0n) is 13.3. The summed E-state index contributed by atoms with van der Waals surface area (Å²) in [5, 5.41) is 1.39. The van der Waals surface area contributed by atoms with Gasteiger partial charge < -0.3 is 4.90 Å². The molecule has 0 saturated carbocycles. The quantitative estimate of drug-likeness (QED) is 0.655. The van der Waals surface area contributed by atoms with Gasteiger partial charge in [-0.2, -0.15) is 0 Å². The number of rotatable bonds is 1. The van der Waals surface area contributed by atoms with Crippen LogP contribution in [0.1, 0.15) is 21.7 Å². The first-order valence-electron chi connectivity index (χ1n) is 7.79. The fourth-order valence-electron chi connectivity index (χ4n) is 3.31. The molecule has 112 valence electrons. The van der Waals surface area contributed by atoms with Crippen LogP contribution in [-0.2, 0) is 13.0 Å². The van der Waals surface area contributed by atoms with E-state index < -0.39 is 0 Å².